The van der Waals surface area contributed by atoms with Gasteiger partial charge in [0.05, 0.1) is 24.2 Å². The van der Waals surface area contributed by atoms with Crippen LogP contribution in [-0.2, 0) is 4.74 Å². The number of nitrogens with one attached hydrogen (secondary N) is 1. The summed E-state index contributed by atoms with van der Waals surface area (Å²) in [6.07, 6.45) is 0.455. The van der Waals surface area contributed by atoms with Gasteiger partial charge in [0.2, 0.25) is 0 Å². The summed E-state index contributed by atoms with van der Waals surface area (Å²) in [6.45, 7) is 0.365. The van der Waals surface area contributed by atoms with Gasteiger partial charge >= 0.3 is 0 Å². The predicted octanol–water partition coefficient (Wildman–Crippen LogP) is 1.58. The number of hydrogen-bond donors (Lipinski definition) is 2. The molecule has 0 aliphatic rings. The van der Waals surface area contributed by atoms with Gasteiger partial charge in [-0.05, 0) is 40.5 Å². The number of aliphatic hydroxyl groups excluding tert-OH is 1. The lowest BCUT2D eigenvalue weighted by Crippen LogP contribution is -2.38. The average molecular weight is 332 g/mol. The molecule has 1 rings (SSSR count). The molecule has 0 saturated heterocycles. The maximum absolute atomic E-state index is 12.0. The third-order valence-electron chi connectivity index (χ3n) is 2.59. The molecule has 0 aliphatic heterocycles. The van der Waals surface area contributed by atoms with E-state index in [1.807, 2.05) is 0 Å². The number of benzene rings is 1. The summed E-state index contributed by atoms with van der Waals surface area (Å²) < 4.78 is 10.8. The van der Waals surface area contributed by atoms with Gasteiger partial charge in [-0.1, -0.05) is 0 Å². The van der Waals surface area contributed by atoms with Crippen molar-refractivity contribution >= 4 is 21.8 Å². The summed E-state index contributed by atoms with van der Waals surface area (Å²) in [5.74, 6) is 0.458. The summed E-state index contributed by atoms with van der Waals surface area (Å²) >= 11 is 3.33. The molecule has 2 N–H and O–H groups in total. The van der Waals surface area contributed by atoms with E-state index in [0.717, 1.165) is 0 Å². The molecule has 0 spiro atoms. The molecular weight excluding hydrogens is 314 g/mol. The van der Waals surface area contributed by atoms with Gasteiger partial charge in [-0.2, -0.15) is 0 Å². The van der Waals surface area contributed by atoms with Gasteiger partial charge in [0.1, 0.15) is 5.75 Å². The first-order valence-corrected chi connectivity index (χ1v) is 6.65. The van der Waals surface area contributed by atoms with Crippen LogP contribution in [0, 0.1) is 0 Å². The molecule has 5 nitrogen and oxygen atoms in total. The maximum Gasteiger partial charge on any atom is 0.251 e. The zero-order chi connectivity index (χ0) is 14.3. The zero-order valence-electron chi connectivity index (χ0n) is 11.0. The molecule has 0 bridgehead atoms. The van der Waals surface area contributed by atoms with Crippen molar-refractivity contribution in [1.29, 1.82) is 0 Å². The van der Waals surface area contributed by atoms with E-state index in [1.54, 1.807) is 32.4 Å². The minimum Gasteiger partial charge on any atom is -0.496 e. The molecule has 0 fully saturated rings. The van der Waals surface area contributed by atoms with Gasteiger partial charge in [0.15, 0.2) is 0 Å². The van der Waals surface area contributed by atoms with E-state index < -0.39 is 0 Å². The Morgan fingerprint density at radius 3 is 2.74 bits per heavy atom. The van der Waals surface area contributed by atoms with Crippen molar-refractivity contribution in [2.45, 2.75) is 12.5 Å². The lowest BCUT2D eigenvalue weighted by atomic mass is 10.1. The average Bonchev–Trinajstić information content (AvgIpc) is 2.39. The molecule has 1 aromatic carbocycles. The van der Waals surface area contributed by atoms with Crippen molar-refractivity contribution in [1.82, 2.24) is 5.32 Å². The van der Waals surface area contributed by atoms with Crippen LogP contribution < -0.4 is 10.1 Å². The van der Waals surface area contributed by atoms with Crippen molar-refractivity contribution in [2.75, 3.05) is 27.4 Å². The fourth-order valence-corrected chi connectivity index (χ4v) is 2.17. The number of ether oxygens (including phenoxy) is 2. The van der Waals surface area contributed by atoms with Crippen LogP contribution in [0.5, 0.6) is 5.75 Å². The van der Waals surface area contributed by atoms with Crippen LogP contribution in [0.1, 0.15) is 16.8 Å². The Hall–Kier alpha value is -1.11. The Balaban J connectivity index is 2.73. The molecule has 1 amide bonds. The Morgan fingerprint density at radius 2 is 2.21 bits per heavy atom. The molecule has 0 aromatic heterocycles. The molecule has 1 aromatic rings. The second kappa shape index (κ2) is 8.14. The second-order valence-electron chi connectivity index (χ2n) is 3.99. The van der Waals surface area contributed by atoms with E-state index in [0.29, 0.717) is 28.8 Å². The number of carbonyl (C=O) groups is 1. The normalized spacial score (nSPS) is 12.0. The van der Waals surface area contributed by atoms with Gasteiger partial charge in [0.25, 0.3) is 5.91 Å². The second-order valence-corrected chi connectivity index (χ2v) is 4.84. The Morgan fingerprint density at radius 1 is 1.47 bits per heavy atom. The Labute approximate surface area is 121 Å². The van der Waals surface area contributed by atoms with Crippen molar-refractivity contribution in [3.8, 4) is 5.75 Å². The molecule has 0 heterocycles. The largest absolute Gasteiger partial charge is 0.496 e. The lowest BCUT2D eigenvalue weighted by Gasteiger charge is -2.17. The molecule has 106 valence electrons. The predicted molar refractivity (Wildman–Crippen MR) is 75.5 cm³/mol. The van der Waals surface area contributed by atoms with E-state index in [1.165, 1.54) is 0 Å². The van der Waals surface area contributed by atoms with Crippen molar-refractivity contribution in [3.63, 3.8) is 0 Å². The highest BCUT2D eigenvalue weighted by Gasteiger charge is 2.14. The fourth-order valence-electron chi connectivity index (χ4n) is 1.63. The molecule has 0 radical (unpaired) electrons. The summed E-state index contributed by atoms with van der Waals surface area (Å²) in [5, 5.41) is 11.7. The van der Waals surface area contributed by atoms with Crippen LogP contribution in [0.4, 0.5) is 0 Å². The molecule has 19 heavy (non-hydrogen) atoms. The quantitative estimate of drug-likeness (QED) is 0.796. The highest BCUT2D eigenvalue weighted by molar-refractivity contribution is 9.10. The third kappa shape index (κ3) is 4.81. The van der Waals surface area contributed by atoms with E-state index in [-0.39, 0.29) is 18.6 Å². The van der Waals surface area contributed by atoms with Crippen molar-refractivity contribution in [3.05, 3.63) is 28.2 Å². The number of halogens is 1. The first-order valence-electron chi connectivity index (χ1n) is 5.86. The molecule has 6 heteroatoms. The van der Waals surface area contributed by atoms with Crippen LogP contribution in [0.3, 0.4) is 0 Å². The van der Waals surface area contributed by atoms with Gasteiger partial charge in [0, 0.05) is 19.3 Å². The molecule has 1 unspecified atom stereocenters. The standard InChI is InChI=1S/C13H18BrNO4/c1-18-8-10(5-6-16)15-13(17)9-3-4-12(19-2)11(14)7-9/h3-4,7,10,16H,5-6,8H2,1-2H3,(H,15,17). The lowest BCUT2D eigenvalue weighted by molar-refractivity contribution is 0.0878. The van der Waals surface area contributed by atoms with Crippen LogP contribution >= 0.6 is 15.9 Å². The minimum absolute atomic E-state index is 0.000609. The summed E-state index contributed by atoms with van der Waals surface area (Å²) in [5.41, 5.74) is 0.520. The van der Waals surface area contributed by atoms with E-state index >= 15 is 0 Å². The highest BCUT2D eigenvalue weighted by atomic mass is 79.9. The van der Waals surface area contributed by atoms with Crippen molar-refractivity contribution < 1.29 is 19.4 Å². The van der Waals surface area contributed by atoms with E-state index in [2.05, 4.69) is 21.2 Å². The highest BCUT2D eigenvalue weighted by Crippen LogP contribution is 2.25. The van der Waals surface area contributed by atoms with Crippen LogP contribution in [0.25, 0.3) is 0 Å². The number of amides is 1. The molecule has 1 atom stereocenters. The number of carbonyl (C=O) groups excluding carboxylic acids is 1. The number of methoxy groups -OCH3 is 2. The van der Waals surface area contributed by atoms with E-state index in [4.69, 9.17) is 14.6 Å². The summed E-state index contributed by atoms with van der Waals surface area (Å²) in [6, 6.07) is 4.89. The van der Waals surface area contributed by atoms with E-state index in [9.17, 15) is 4.79 Å². The minimum atomic E-state index is -0.209. The number of hydrogen-bond acceptors (Lipinski definition) is 4. The monoisotopic (exact) mass is 331 g/mol. The summed E-state index contributed by atoms with van der Waals surface area (Å²) in [4.78, 5) is 12.0. The van der Waals surface area contributed by atoms with Crippen molar-refractivity contribution in [2.24, 2.45) is 0 Å². The number of aliphatic hydroxyl groups is 1. The maximum atomic E-state index is 12.0. The van der Waals surface area contributed by atoms with Gasteiger partial charge in [-0.3, -0.25) is 4.79 Å². The molecule has 0 saturated carbocycles. The first-order chi connectivity index (χ1) is 9.12. The Bertz CT molecular complexity index is 419. The summed E-state index contributed by atoms with van der Waals surface area (Å²) in [7, 11) is 3.12. The molecule has 0 aliphatic carbocycles. The third-order valence-corrected chi connectivity index (χ3v) is 3.21. The van der Waals surface area contributed by atoms with Crippen LogP contribution in [-0.4, -0.2) is 44.5 Å². The number of rotatable bonds is 7. The van der Waals surface area contributed by atoms with Gasteiger partial charge < -0.3 is 19.9 Å². The zero-order valence-corrected chi connectivity index (χ0v) is 12.6. The Kier molecular flexibility index (Phi) is 6.83. The van der Waals surface area contributed by atoms with Crippen LogP contribution in [0.2, 0.25) is 0 Å². The smallest absolute Gasteiger partial charge is 0.251 e. The van der Waals surface area contributed by atoms with Gasteiger partial charge in [-0.25, -0.2) is 0 Å². The molecular formula is C13H18BrNO4. The SMILES string of the molecule is COCC(CCO)NC(=O)c1ccc(OC)c(Br)c1. The van der Waals surface area contributed by atoms with Gasteiger partial charge in [-0.15, -0.1) is 0 Å². The first kappa shape index (κ1) is 15.9. The topological polar surface area (TPSA) is 67.8 Å². The fraction of sp³-hybridized carbons (Fsp3) is 0.462. The van der Waals surface area contributed by atoms with Crippen LogP contribution in [0.15, 0.2) is 22.7 Å².